The van der Waals surface area contributed by atoms with Crippen LogP contribution < -0.4 is 10.3 Å². The second kappa shape index (κ2) is 6.76. The van der Waals surface area contributed by atoms with Crippen LogP contribution in [0.5, 0.6) is 5.75 Å². The molecular weight excluding hydrogens is 340 g/mol. The number of ether oxygens (including phenoxy) is 1. The van der Waals surface area contributed by atoms with Gasteiger partial charge in [0, 0.05) is 11.6 Å². The summed E-state index contributed by atoms with van der Waals surface area (Å²) in [4.78, 5) is 26.5. The first kappa shape index (κ1) is 17.6. The molecule has 1 fully saturated rings. The molecule has 1 aromatic carbocycles. The van der Waals surface area contributed by atoms with Crippen molar-refractivity contribution in [1.29, 1.82) is 0 Å². The summed E-state index contributed by atoms with van der Waals surface area (Å²) in [6.45, 7) is 5.93. The average Bonchev–Trinajstić information content (AvgIpc) is 3.50. The van der Waals surface area contributed by atoms with Crippen molar-refractivity contribution in [3.05, 3.63) is 46.1 Å². The second-order valence-electron chi connectivity index (χ2n) is 7.26. The van der Waals surface area contributed by atoms with Gasteiger partial charge in [-0.1, -0.05) is 6.92 Å². The minimum atomic E-state index is -0.0441. The molecule has 0 N–H and O–H groups in total. The van der Waals surface area contributed by atoms with E-state index in [4.69, 9.17) is 4.74 Å². The number of rotatable bonds is 5. The molecular formula is C21H24N4O2. The molecule has 0 amide bonds. The molecule has 0 radical (unpaired) electrons. The highest BCUT2D eigenvalue weighted by atomic mass is 16.5. The fraction of sp³-hybridized carbons (Fsp3) is 0.429. The summed E-state index contributed by atoms with van der Waals surface area (Å²) >= 11 is 0. The van der Waals surface area contributed by atoms with E-state index in [1.54, 1.807) is 14.0 Å². The molecule has 4 rings (SSSR count). The number of benzene rings is 1. The minimum absolute atomic E-state index is 0.0441. The normalized spacial score (nSPS) is 15.1. The predicted octanol–water partition coefficient (Wildman–Crippen LogP) is 3.84. The summed E-state index contributed by atoms with van der Waals surface area (Å²) in [6.07, 6.45) is 4.78. The first-order valence-electron chi connectivity index (χ1n) is 9.44. The number of fused-ring (bicyclic) bond motifs is 1. The van der Waals surface area contributed by atoms with Gasteiger partial charge in [0.1, 0.15) is 29.0 Å². The molecule has 0 bridgehead atoms. The van der Waals surface area contributed by atoms with Gasteiger partial charge < -0.3 is 4.74 Å². The molecule has 1 aliphatic carbocycles. The standard InChI is InChI=1S/C21H24N4O2/c1-5-17(14-6-7-14)25-20-19(24-13(3)21(25)26)18(22-11-23-20)16-9-8-15(27-4)10-12(16)2/h8-11,14,17H,5-7H2,1-4H3/t17-/m1/s1. The SMILES string of the molecule is CC[C@H](C1CC1)n1c(=O)c(C)nc2c(-c3ccc(OC)cc3C)ncnc21. The average molecular weight is 364 g/mol. The van der Waals surface area contributed by atoms with Gasteiger partial charge in [-0.3, -0.25) is 9.36 Å². The summed E-state index contributed by atoms with van der Waals surface area (Å²) in [5.74, 6) is 1.36. The quantitative estimate of drug-likeness (QED) is 0.688. The largest absolute Gasteiger partial charge is 0.497 e. The molecule has 1 aliphatic rings. The van der Waals surface area contributed by atoms with Crippen molar-refractivity contribution in [2.75, 3.05) is 7.11 Å². The maximum absolute atomic E-state index is 12.9. The van der Waals surface area contributed by atoms with E-state index in [0.717, 1.165) is 29.0 Å². The fourth-order valence-corrected chi connectivity index (χ4v) is 3.88. The number of methoxy groups -OCH3 is 1. The van der Waals surface area contributed by atoms with Crippen LogP contribution in [0.15, 0.2) is 29.3 Å². The Labute approximate surface area is 158 Å². The number of hydrogen-bond acceptors (Lipinski definition) is 5. The zero-order valence-corrected chi connectivity index (χ0v) is 16.2. The Balaban J connectivity index is 1.99. The van der Waals surface area contributed by atoms with Gasteiger partial charge in [0.15, 0.2) is 5.65 Å². The first-order valence-corrected chi connectivity index (χ1v) is 9.44. The predicted molar refractivity (Wildman–Crippen MR) is 105 cm³/mol. The van der Waals surface area contributed by atoms with Gasteiger partial charge in [-0.15, -0.1) is 0 Å². The van der Waals surface area contributed by atoms with E-state index >= 15 is 0 Å². The Hall–Kier alpha value is -2.76. The Morgan fingerprint density at radius 3 is 2.67 bits per heavy atom. The van der Waals surface area contributed by atoms with Crippen LogP contribution >= 0.6 is 0 Å². The van der Waals surface area contributed by atoms with Gasteiger partial charge >= 0.3 is 0 Å². The van der Waals surface area contributed by atoms with Crippen LogP contribution in [0.3, 0.4) is 0 Å². The van der Waals surface area contributed by atoms with Gasteiger partial charge in [-0.2, -0.15) is 0 Å². The third kappa shape index (κ3) is 2.99. The van der Waals surface area contributed by atoms with Crippen molar-refractivity contribution in [3.8, 4) is 17.0 Å². The molecule has 27 heavy (non-hydrogen) atoms. The van der Waals surface area contributed by atoms with E-state index in [2.05, 4.69) is 21.9 Å². The number of aryl methyl sites for hydroxylation is 2. The Morgan fingerprint density at radius 2 is 2.04 bits per heavy atom. The van der Waals surface area contributed by atoms with Crippen LogP contribution in [0.2, 0.25) is 0 Å². The zero-order valence-electron chi connectivity index (χ0n) is 16.2. The lowest BCUT2D eigenvalue weighted by atomic mass is 10.0. The van der Waals surface area contributed by atoms with E-state index < -0.39 is 0 Å². The van der Waals surface area contributed by atoms with Crippen LogP contribution in [-0.2, 0) is 0 Å². The van der Waals surface area contributed by atoms with E-state index in [-0.39, 0.29) is 11.6 Å². The van der Waals surface area contributed by atoms with Crippen molar-refractivity contribution < 1.29 is 4.74 Å². The molecule has 1 atom stereocenters. The Bertz CT molecular complexity index is 1070. The molecule has 3 aromatic rings. The molecule has 2 heterocycles. The lowest BCUT2D eigenvalue weighted by Gasteiger charge is -2.20. The van der Waals surface area contributed by atoms with Gasteiger partial charge in [-0.05, 0) is 62.8 Å². The van der Waals surface area contributed by atoms with Crippen molar-refractivity contribution >= 4 is 11.2 Å². The van der Waals surface area contributed by atoms with Crippen molar-refractivity contribution in [1.82, 2.24) is 19.5 Å². The number of aromatic nitrogens is 4. The monoisotopic (exact) mass is 364 g/mol. The summed E-state index contributed by atoms with van der Waals surface area (Å²) in [7, 11) is 1.65. The second-order valence-corrected chi connectivity index (χ2v) is 7.26. The molecule has 0 spiro atoms. The third-order valence-electron chi connectivity index (χ3n) is 5.44. The van der Waals surface area contributed by atoms with Crippen molar-refractivity contribution in [2.24, 2.45) is 5.92 Å². The van der Waals surface area contributed by atoms with Gasteiger partial charge in [0.25, 0.3) is 5.56 Å². The molecule has 140 valence electrons. The van der Waals surface area contributed by atoms with Gasteiger partial charge in [-0.25, -0.2) is 15.0 Å². The van der Waals surface area contributed by atoms with Gasteiger partial charge in [0.05, 0.1) is 7.11 Å². The van der Waals surface area contributed by atoms with E-state index in [0.29, 0.717) is 22.8 Å². The number of nitrogens with zero attached hydrogens (tertiary/aromatic N) is 4. The molecule has 1 saturated carbocycles. The first-order chi connectivity index (χ1) is 13.0. The lowest BCUT2D eigenvalue weighted by Crippen LogP contribution is -2.29. The van der Waals surface area contributed by atoms with Crippen molar-refractivity contribution in [2.45, 2.75) is 46.1 Å². The maximum Gasteiger partial charge on any atom is 0.273 e. The molecule has 6 nitrogen and oxygen atoms in total. The fourth-order valence-electron chi connectivity index (χ4n) is 3.88. The summed E-state index contributed by atoms with van der Waals surface area (Å²) in [5.41, 5.74) is 4.52. The summed E-state index contributed by atoms with van der Waals surface area (Å²) < 4.78 is 7.17. The molecule has 2 aromatic heterocycles. The van der Waals surface area contributed by atoms with Crippen LogP contribution in [-0.4, -0.2) is 26.6 Å². The molecule has 6 heteroatoms. The van der Waals surface area contributed by atoms with E-state index in [9.17, 15) is 4.79 Å². The third-order valence-corrected chi connectivity index (χ3v) is 5.44. The highest BCUT2D eigenvalue weighted by Gasteiger charge is 2.33. The van der Waals surface area contributed by atoms with E-state index in [1.807, 2.05) is 29.7 Å². The highest BCUT2D eigenvalue weighted by Crippen LogP contribution is 2.42. The summed E-state index contributed by atoms with van der Waals surface area (Å²) in [5, 5.41) is 0. The van der Waals surface area contributed by atoms with Crippen molar-refractivity contribution in [3.63, 3.8) is 0 Å². The van der Waals surface area contributed by atoms with Crippen LogP contribution in [0.1, 0.15) is 43.5 Å². The van der Waals surface area contributed by atoms with E-state index in [1.165, 1.54) is 19.2 Å². The smallest absolute Gasteiger partial charge is 0.273 e. The Morgan fingerprint density at radius 1 is 1.26 bits per heavy atom. The minimum Gasteiger partial charge on any atom is -0.497 e. The lowest BCUT2D eigenvalue weighted by molar-refractivity contribution is 0.414. The van der Waals surface area contributed by atoms with Gasteiger partial charge in [0.2, 0.25) is 0 Å². The zero-order chi connectivity index (χ0) is 19.1. The highest BCUT2D eigenvalue weighted by molar-refractivity contribution is 5.88. The van der Waals surface area contributed by atoms with Crippen LogP contribution in [0, 0.1) is 19.8 Å². The molecule has 0 unspecified atom stereocenters. The molecule has 0 aliphatic heterocycles. The maximum atomic E-state index is 12.9. The number of hydrogen-bond donors (Lipinski definition) is 0. The summed E-state index contributed by atoms with van der Waals surface area (Å²) in [6, 6.07) is 6.05. The molecule has 0 saturated heterocycles. The van der Waals surface area contributed by atoms with Crippen LogP contribution in [0.25, 0.3) is 22.4 Å². The Kier molecular flexibility index (Phi) is 4.42. The topological polar surface area (TPSA) is 69.9 Å². The van der Waals surface area contributed by atoms with Crippen LogP contribution in [0.4, 0.5) is 0 Å².